The number of anilines is 1. The minimum absolute atomic E-state index is 0.0181. The lowest BCUT2D eigenvalue weighted by atomic mass is 9.56. The SMILES string of the molecule is COc1cc(C2C3=CCC4C(=O)N(Cc5ccccc5)C(=O)C4C3CC3(Cl)C(=O)N(c4ccc(F)cc4)C(=O)C23Cl)cc(OC)c1O. The number of phenolic OH excluding ortho intramolecular Hbond substituents is 1. The predicted octanol–water partition coefficient (Wildman–Crippen LogP) is 5.31. The molecule has 4 aliphatic rings. The molecule has 0 radical (unpaired) electrons. The smallest absolute Gasteiger partial charge is 0.258 e. The second-order valence-corrected chi connectivity index (χ2v) is 13.5. The van der Waals surface area contributed by atoms with Crippen LogP contribution in [-0.2, 0) is 25.7 Å². The second kappa shape index (κ2) is 11.1. The van der Waals surface area contributed by atoms with E-state index >= 15 is 0 Å². The highest BCUT2D eigenvalue weighted by Crippen LogP contribution is 2.66. The van der Waals surface area contributed by atoms with Gasteiger partial charge >= 0.3 is 0 Å². The topological polar surface area (TPSA) is 113 Å². The summed E-state index contributed by atoms with van der Waals surface area (Å²) >= 11 is 14.8. The van der Waals surface area contributed by atoms with Crippen molar-refractivity contribution in [3.8, 4) is 17.2 Å². The van der Waals surface area contributed by atoms with Crippen LogP contribution in [0.4, 0.5) is 10.1 Å². The number of ether oxygens (including phenoxy) is 2. The van der Waals surface area contributed by atoms with E-state index in [4.69, 9.17) is 32.7 Å². The Bertz CT molecular complexity index is 1840. The molecule has 2 saturated heterocycles. The van der Waals surface area contributed by atoms with Crippen LogP contribution in [0.3, 0.4) is 0 Å². The van der Waals surface area contributed by atoms with Crippen molar-refractivity contribution in [2.75, 3.05) is 19.1 Å². The number of rotatable bonds is 6. The zero-order valence-electron chi connectivity index (χ0n) is 25.3. The van der Waals surface area contributed by atoms with Gasteiger partial charge in [-0.3, -0.25) is 24.1 Å². The molecule has 2 heterocycles. The number of hydrogen-bond acceptors (Lipinski definition) is 7. The van der Waals surface area contributed by atoms with Crippen LogP contribution in [-0.4, -0.2) is 57.6 Å². The molecule has 3 fully saturated rings. The van der Waals surface area contributed by atoms with Crippen LogP contribution in [0.15, 0.2) is 78.4 Å². The van der Waals surface area contributed by atoms with Crippen LogP contribution < -0.4 is 14.4 Å². The molecule has 7 rings (SSSR count). The molecule has 242 valence electrons. The van der Waals surface area contributed by atoms with E-state index in [0.717, 1.165) is 22.6 Å². The van der Waals surface area contributed by atoms with Gasteiger partial charge in [0.25, 0.3) is 11.8 Å². The lowest BCUT2D eigenvalue weighted by molar-refractivity contribution is -0.141. The predicted molar refractivity (Wildman–Crippen MR) is 170 cm³/mol. The molecule has 1 saturated carbocycles. The van der Waals surface area contributed by atoms with E-state index in [0.29, 0.717) is 11.1 Å². The number of hydrogen-bond donors (Lipinski definition) is 1. The Morgan fingerprint density at radius 2 is 1.53 bits per heavy atom. The summed E-state index contributed by atoms with van der Waals surface area (Å²) in [6.45, 7) is 0.0879. The Kier molecular flexibility index (Phi) is 7.37. The van der Waals surface area contributed by atoms with Gasteiger partial charge < -0.3 is 14.6 Å². The molecule has 2 aliphatic heterocycles. The van der Waals surface area contributed by atoms with Crippen LogP contribution in [0.1, 0.15) is 29.9 Å². The minimum atomic E-state index is -2.14. The number of fused-ring (bicyclic) bond motifs is 4. The fraction of sp³-hybridized carbons (Fsp3) is 0.314. The van der Waals surface area contributed by atoms with E-state index in [2.05, 4.69) is 0 Å². The Morgan fingerprint density at radius 1 is 0.894 bits per heavy atom. The quantitative estimate of drug-likeness (QED) is 0.214. The summed E-state index contributed by atoms with van der Waals surface area (Å²) in [7, 11) is 2.69. The zero-order chi connectivity index (χ0) is 33.4. The van der Waals surface area contributed by atoms with Crippen molar-refractivity contribution in [2.24, 2.45) is 17.8 Å². The van der Waals surface area contributed by atoms with E-state index in [1.165, 1.54) is 43.4 Å². The largest absolute Gasteiger partial charge is 0.502 e. The first kappa shape index (κ1) is 31.2. The van der Waals surface area contributed by atoms with E-state index in [1.807, 2.05) is 36.4 Å². The van der Waals surface area contributed by atoms with E-state index in [1.54, 1.807) is 0 Å². The maximum atomic E-state index is 14.5. The number of methoxy groups -OCH3 is 2. The van der Waals surface area contributed by atoms with Crippen LogP contribution in [0.2, 0.25) is 0 Å². The fourth-order valence-corrected chi connectivity index (χ4v) is 8.78. The minimum Gasteiger partial charge on any atom is -0.502 e. The van der Waals surface area contributed by atoms with Crippen molar-refractivity contribution in [3.05, 3.63) is 95.3 Å². The van der Waals surface area contributed by atoms with Gasteiger partial charge in [-0.05, 0) is 66.3 Å². The lowest BCUT2D eigenvalue weighted by Gasteiger charge is -2.50. The van der Waals surface area contributed by atoms with Gasteiger partial charge in [-0.2, -0.15) is 0 Å². The number of benzene rings is 3. The Balaban J connectivity index is 1.40. The summed E-state index contributed by atoms with van der Waals surface area (Å²) in [6.07, 6.45) is 1.80. The van der Waals surface area contributed by atoms with Crippen molar-refractivity contribution in [1.82, 2.24) is 4.90 Å². The van der Waals surface area contributed by atoms with Crippen molar-refractivity contribution in [2.45, 2.75) is 35.1 Å². The summed E-state index contributed by atoms with van der Waals surface area (Å²) in [5.74, 6) is -6.65. The van der Waals surface area contributed by atoms with Gasteiger partial charge in [0.15, 0.2) is 21.2 Å². The highest BCUT2D eigenvalue weighted by atomic mass is 35.5. The van der Waals surface area contributed by atoms with Crippen molar-refractivity contribution in [1.29, 1.82) is 0 Å². The molecule has 0 bridgehead atoms. The molecule has 6 unspecified atom stereocenters. The van der Waals surface area contributed by atoms with Gasteiger partial charge in [-0.25, -0.2) is 9.29 Å². The van der Waals surface area contributed by atoms with Gasteiger partial charge in [0.05, 0.1) is 38.3 Å². The second-order valence-electron chi connectivity index (χ2n) is 12.3. The Hall–Kier alpha value is -4.41. The molecule has 12 heteroatoms. The molecular formula is C35H29Cl2FN2O7. The number of nitrogens with zero attached hydrogens (tertiary/aromatic N) is 2. The molecule has 47 heavy (non-hydrogen) atoms. The van der Waals surface area contributed by atoms with E-state index in [-0.39, 0.29) is 48.2 Å². The first-order valence-corrected chi connectivity index (χ1v) is 15.8. The van der Waals surface area contributed by atoms with Gasteiger partial charge in [0.2, 0.25) is 17.6 Å². The number of phenols is 1. The maximum Gasteiger partial charge on any atom is 0.258 e. The van der Waals surface area contributed by atoms with Crippen molar-refractivity contribution < 1.29 is 38.1 Å². The molecule has 3 aromatic carbocycles. The number of aromatic hydroxyl groups is 1. The van der Waals surface area contributed by atoms with Gasteiger partial charge in [-0.1, -0.05) is 42.0 Å². The normalized spacial score (nSPS) is 29.8. The van der Waals surface area contributed by atoms with Crippen LogP contribution in [0.5, 0.6) is 17.2 Å². The molecule has 4 amide bonds. The third-order valence-corrected chi connectivity index (χ3v) is 11.4. The monoisotopic (exact) mass is 678 g/mol. The summed E-state index contributed by atoms with van der Waals surface area (Å²) in [6, 6.07) is 16.9. The molecule has 1 N–H and O–H groups in total. The van der Waals surface area contributed by atoms with Crippen LogP contribution in [0.25, 0.3) is 0 Å². The molecular weight excluding hydrogens is 650 g/mol. The first-order chi connectivity index (χ1) is 22.5. The Morgan fingerprint density at radius 3 is 2.15 bits per heavy atom. The third-order valence-electron chi connectivity index (χ3n) is 10.0. The molecule has 2 aliphatic carbocycles. The third kappa shape index (κ3) is 4.34. The fourth-order valence-electron chi connectivity index (χ4n) is 7.84. The Labute approximate surface area is 279 Å². The summed E-state index contributed by atoms with van der Waals surface area (Å²) in [4.78, 5) is 54.7. The number of amides is 4. The van der Waals surface area contributed by atoms with Crippen LogP contribution in [0, 0.1) is 23.6 Å². The molecule has 0 spiro atoms. The average molecular weight is 680 g/mol. The average Bonchev–Trinajstić information content (AvgIpc) is 3.39. The first-order valence-electron chi connectivity index (χ1n) is 15.0. The van der Waals surface area contributed by atoms with Gasteiger partial charge in [0.1, 0.15) is 5.82 Å². The van der Waals surface area contributed by atoms with Crippen molar-refractivity contribution >= 4 is 52.5 Å². The van der Waals surface area contributed by atoms with Crippen LogP contribution >= 0.6 is 23.2 Å². The van der Waals surface area contributed by atoms with E-state index < -0.39 is 57.0 Å². The molecule has 3 aromatic rings. The van der Waals surface area contributed by atoms with Gasteiger partial charge in [-0.15, -0.1) is 23.2 Å². The number of allylic oxidation sites excluding steroid dienone is 2. The molecule has 9 nitrogen and oxygen atoms in total. The summed E-state index contributed by atoms with van der Waals surface area (Å²) in [5.41, 5.74) is 1.76. The standard InChI is InChI=1S/C35H29Cl2FN2O7/c1-46-25-14-19(15-26(47-2)29(25)41)28-22-12-13-23-27(31(43)39(30(23)42)17-18-6-4-3-5-7-18)24(22)16-34(36)32(44)40(33(45)35(28,34)37)21-10-8-20(38)9-11-21/h3-12,14-15,23-24,27-28,41H,13,16-17H2,1-2H3. The van der Waals surface area contributed by atoms with Crippen molar-refractivity contribution in [3.63, 3.8) is 0 Å². The summed E-state index contributed by atoms with van der Waals surface area (Å²) in [5, 5.41) is 10.7. The maximum absolute atomic E-state index is 14.5. The summed E-state index contributed by atoms with van der Waals surface area (Å²) < 4.78 is 24.7. The number of carbonyl (C=O) groups is 4. The number of halogens is 3. The molecule has 0 aromatic heterocycles. The number of imide groups is 2. The highest BCUT2D eigenvalue weighted by molar-refractivity contribution is 6.58. The van der Waals surface area contributed by atoms with Gasteiger partial charge in [0, 0.05) is 5.92 Å². The molecule has 6 atom stereocenters. The lowest BCUT2D eigenvalue weighted by Crippen LogP contribution is -2.60. The zero-order valence-corrected chi connectivity index (χ0v) is 26.8. The van der Waals surface area contributed by atoms with E-state index in [9.17, 15) is 28.7 Å². The number of likely N-dealkylation sites (tertiary alicyclic amines) is 1. The number of carbonyl (C=O) groups excluding carboxylic acids is 4. The highest BCUT2D eigenvalue weighted by Gasteiger charge is 2.76. The number of alkyl halides is 2.